The Labute approximate surface area is 123 Å². The first-order chi connectivity index (χ1) is 10.3. The lowest BCUT2D eigenvalue weighted by Crippen LogP contribution is -2.18. The molecule has 114 valence electrons. The van der Waals surface area contributed by atoms with Crippen molar-refractivity contribution in [3.8, 4) is 5.75 Å². The number of hydrogen-bond donors (Lipinski definition) is 1. The van der Waals surface area contributed by atoms with E-state index in [1.54, 1.807) is 19.6 Å². The molecule has 21 heavy (non-hydrogen) atoms. The quantitative estimate of drug-likeness (QED) is 0.717. The number of nitrogens with one attached hydrogen (secondary N) is 1. The molecule has 0 amide bonds. The summed E-state index contributed by atoms with van der Waals surface area (Å²) in [5.41, 5.74) is 0.851. The van der Waals surface area contributed by atoms with E-state index in [9.17, 15) is 4.39 Å². The van der Waals surface area contributed by atoms with Gasteiger partial charge in [0.15, 0.2) is 0 Å². The predicted molar refractivity (Wildman–Crippen MR) is 77.7 cm³/mol. The number of ether oxygens (including phenoxy) is 2. The Bertz CT molecular complexity index is 532. The maximum Gasteiger partial charge on any atom is 0.127 e. The van der Waals surface area contributed by atoms with Crippen molar-refractivity contribution in [2.75, 3.05) is 26.9 Å². The van der Waals surface area contributed by atoms with Crippen molar-refractivity contribution in [1.29, 1.82) is 0 Å². The van der Waals surface area contributed by atoms with E-state index in [1.165, 1.54) is 12.1 Å². The molecule has 0 spiro atoms. The molecule has 1 aromatic carbocycles. The number of benzene rings is 1. The largest absolute Gasteiger partial charge is 0.492 e. The minimum absolute atomic E-state index is 0.293. The van der Waals surface area contributed by atoms with Crippen molar-refractivity contribution >= 4 is 0 Å². The van der Waals surface area contributed by atoms with Crippen molar-refractivity contribution in [3.05, 3.63) is 48.3 Å². The lowest BCUT2D eigenvalue weighted by Gasteiger charge is -2.10. The molecule has 0 aliphatic carbocycles. The van der Waals surface area contributed by atoms with Crippen LogP contribution in [0.1, 0.15) is 5.56 Å². The van der Waals surface area contributed by atoms with Crippen LogP contribution in [0.5, 0.6) is 5.75 Å². The van der Waals surface area contributed by atoms with Crippen LogP contribution in [-0.4, -0.2) is 36.4 Å². The molecule has 1 heterocycles. The first-order valence-corrected chi connectivity index (χ1v) is 6.85. The number of imidazole rings is 1. The van der Waals surface area contributed by atoms with Crippen LogP contribution in [0.15, 0.2) is 36.9 Å². The second-order valence-corrected chi connectivity index (χ2v) is 4.61. The molecule has 0 saturated carbocycles. The summed E-state index contributed by atoms with van der Waals surface area (Å²) in [6.07, 6.45) is 5.30. The van der Waals surface area contributed by atoms with E-state index in [0.717, 1.165) is 12.1 Å². The van der Waals surface area contributed by atoms with Gasteiger partial charge in [-0.1, -0.05) is 0 Å². The maximum absolute atomic E-state index is 13.6. The second kappa shape index (κ2) is 8.39. The van der Waals surface area contributed by atoms with Crippen molar-refractivity contribution in [3.63, 3.8) is 0 Å². The molecule has 0 unspecified atom stereocenters. The van der Waals surface area contributed by atoms with Gasteiger partial charge in [-0.3, -0.25) is 0 Å². The van der Waals surface area contributed by atoms with Crippen LogP contribution < -0.4 is 10.1 Å². The highest BCUT2D eigenvalue weighted by atomic mass is 19.1. The zero-order valence-electron chi connectivity index (χ0n) is 12.1. The standard InChI is InChI=1S/C15H20FN3O2/c1-20-6-3-17-11-13-8-14(16)10-15(9-13)21-7-5-19-4-2-18-12-19/h2,4,8-10,12,17H,3,5-7,11H2,1H3. The lowest BCUT2D eigenvalue weighted by atomic mass is 10.2. The van der Waals surface area contributed by atoms with Crippen molar-refractivity contribution in [2.45, 2.75) is 13.1 Å². The smallest absolute Gasteiger partial charge is 0.127 e. The topological polar surface area (TPSA) is 48.3 Å². The van der Waals surface area contributed by atoms with Gasteiger partial charge in [0, 0.05) is 38.7 Å². The fraction of sp³-hybridized carbons (Fsp3) is 0.400. The third-order valence-corrected chi connectivity index (χ3v) is 2.92. The molecule has 2 aromatic rings. The highest BCUT2D eigenvalue weighted by molar-refractivity contribution is 5.29. The first kappa shape index (κ1) is 15.5. The summed E-state index contributed by atoms with van der Waals surface area (Å²) in [5, 5.41) is 3.18. The van der Waals surface area contributed by atoms with E-state index >= 15 is 0 Å². The van der Waals surface area contributed by atoms with E-state index in [1.807, 2.05) is 16.8 Å². The number of halogens is 1. The summed E-state index contributed by atoms with van der Waals surface area (Å²) in [6.45, 7) is 3.08. The minimum Gasteiger partial charge on any atom is -0.492 e. The van der Waals surface area contributed by atoms with E-state index in [2.05, 4.69) is 10.3 Å². The van der Waals surface area contributed by atoms with Crippen molar-refractivity contribution < 1.29 is 13.9 Å². The summed E-state index contributed by atoms with van der Waals surface area (Å²) in [5.74, 6) is 0.248. The van der Waals surface area contributed by atoms with Crippen LogP contribution in [0.25, 0.3) is 0 Å². The molecule has 0 aliphatic rings. The summed E-state index contributed by atoms with van der Waals surface area (Å²) in [7, 11) is 1.65. The van der Waals surface area contributed by atoms with E-state index in [0.29, 0.717) is 32.1 Å². The van der Waals surface area contributed by atoms with Gasteiger partial charge in [0.05, 0.1) is 19.5 Å². The van der Waals surface area contributed by atoms with Gasteiger partial charge < -0.3 is 19.4 Å². The van der Waals surface area contributed by atoms with Gasteiger partial charge in [0.2, 0.25) is 0 Å². The van der Waals surface area contributed by atoms with Crippen molar-refractivity contribution in [2.24, 2.45) is 0 Å². The van der Waals surface area contributed by atoms with Crippen LogP contribution in [0.3, 0.4) is 0 Å². The number of nitrogens with zero attached hydrogens (tertiary/aromatic N) is 2. The van der Waals surface area contributed by atoms with Crippen LogP contribution in [0.2, 0.25) is 0 Å². The van der Waals surface area contributed by atoms with Gasteiger partial charge in [-0.05, 0) is 17.7 Å². The zero-order chi connectivity index (χ0) is 14.9. The van der Waals surface area contributed by atoms with Gasteiger partial charge in [-0.25, -0.2) is 9.37 Å². The van der Waals surface area contributed by atoms with Gasteiger partial charge >= 0.3 is 0 Å². The average Bonchev–Trinajstić information content (AvgIpc) is 2.96. The molecule has 2 rings (SSSR count). The van der Waals surface area contributed by atoms with Crippen LogP contribution in [0, 0.1) is 5.82 Å². The predicted octanol–water partition coefficient (Wildman–Crippen LogP) is 1.84. The number of methoxy groups -OCH3 is 1. The SMILES string of the molecule is COCCNCc1cc(F)cc(OCCn2ccnc2)c1. The fourth-order valence-corrected chi connectivity index (χ4v) is 1.90. The average molecular weight is 293 g/mol. The highest BCUT2D eigenvalue weighted by Crippen LogP contribution is 2.16. The normalized spacial score (nSPS) is 10.8. The Kier molecular flexibility index (Phi) is 6.18. The lowest BCUT2D eigenvalue weighted by molar-refractivity contribution is 0.199. The Hall–Kier alpha value is -1.92. The van der Waals surface area contributed by atoms with Crippen molar-refractivity contribution in [1.82, 2.24) is 14.9 Å². The molecule has 0 bridgehead atoms. The van der Waals surface area contributed by atoms with Gasteiger partial charge in [-0.2, -0.15) is 0 Å². The van der Waals surface area contributed by atoms with Crippen LogP contribution in [0.4, 0.5) is 4.39 Å². The Morgan fingerprint density at radius 1 is 1.29 bits per heavy atom. The molecule has 1 N–H and O–H groups in total. The number of rotatable bonds is 9. The van der Waals surface area contributed by atoms with Gasteiger partial charge in [0.25, 0.3) is 0 Å². The third-order valence-electron chi connectivity index (χ3n) is 2.92. The van der Waals surface area contributed by atoms with E-state index in [4.69, 9.17) is 9.47 Å². The van der Waals surface area contributed by atoms with Crippen LogP contribution in [-0.2, 0) is 17.8 Å². The molecule has 6 heteroatoms. The maximum atomic E-state index is 13.6. The minimum atomic E-state index is -0.293. The summed E-state index contributed by atoms with van der Waals surface area (Å²) in [4.78, 5) is 3.95. The summed E-state index contributed by atoms with van der Waals surface area (Å²) in [6, 6.07) is 4.74. The van der Waals surface area contributed by atoms with E-state index < -0.39 is 0 Å². The first-order valence-electron chi connectivity index (χ1n) is 6.85. The number of aromatic nitrogens is 2. The Balaban J connectivity index is 1.82. The molecule has 0 atom stereocenters. The molecule has 0 radical (unpaired) electrons. The van der Waals surface area contributed by atoms with E-state index in [-0.39, 0.29) is 5.82 Å². The molecule has 5 nitrogen and oxygen atoms in total. The second-order valence-electron chi connectivity index (χ2n) is 4.61. The molecule has 0 aliphatic heterocycles. The third kappa shape index (κ3) is 5.53. The van der Waals surface area contributed by atoms with Crippen LogP contribution >= 0.6 is 0 Å². The zero-order valence-corrected chi connectivity index (χ0v) is 12.1. The molecule has 0 saturated heterocycles. The van der Waals surface area contributed by atoms with Gasteiger partial charge in [-0.15, -0.1) is 0 Å². The Morgan fingerprint density at radius 3 is 2.95 bits per heavy atom. The molecular weight excluding hydrogens is 273 g/mol. The molecular formula is C15H20FN3O2. The highest BCUT2D eigenvalue weighted by Gasteiger charge is 2.02. The molecule has 1 aromatic heterocycles. The summed E-state index contributed by atoms with van der Waals surface area (Å²) < 4.78 is 26.0. The monoisotopic (exact) mass is 293 g/mol. The Morgan fingerprint density at radius 2 is 2.19 bits per heavy atom. The van der Waals surface area contributed by atoms with Gasteiger partial charge in [0.1, 0.15) is 18.2 Å². The summed E-state index contributed by atoms with van der Waals surface area (Å²) >= 11 is 0. The fourth-order valence-electron chi connectivity index (χ4n) is 1.90. The molecule has 0 fully saturated rings. The number of hydrogen-bond acceptors (Lipinski definition) is 4.